The normalized spacial score (nSPS) is 10.5. The maximum Gasteiger partial charge on any atom is 0.344 e. The van der Waals surface area contributed by atoms with E-state index in [1.165, 1.54) is 11.8 Å². The fourth-order valence-corrected chi connectivity index (χ4v) is 2.50. The van der Waals surface area contributed by atoms with Crippen LogP contribution in [0.2, 0.25) is 5.02 Å². The van der Waals surface area contributed by atoms with Crippen LogP contribution in [-0.4, -0.2) is 34.5 Å². The van der Waals surface area contributed by atoms with Crippen molar-refractivity contribution in [1.29, 1.82) is 0 Å². The monoisotopic (exact) mass is 339 g/mol. The third kappa shape index (κ3) is 3.10. The molecule has 2 aromatic rings. The number of rotatable bonds is 4. The number of ether oxygens (including phenoxy) is 1. The van der Waals surface area contributed by atoms with Gasteiger partial charge >= 0.3 is 5.97 Å². The van der Waals surface area contributed by atoms with Gasteiger partial charge in [0.25, 0.3) is 5.91 Å². The van der Waals surface area contributed by atoms with Gasteiger partial charge in [-0.15, -0.1) is 11.8 Å². The van der Waals surface area contributed by atoms with E-state index in [2.05, 4.69) is 5.10 Å². The van der Waals surface area contributed by atoms with Crippen LogP contribution in [0.3, 0.4) is 0 Å². The van der Waals surface area contributed by atoms with E-state index < -0.39 is 11.9 Å². The van der Waals surface area contributed by atoms with E-state index in [4.69, 9.17) is 22.1 Å². The van der Waals surface area contributed by atoms with Gasteiger partial charge in [0, 0.05) is 10.6 Å². The smallest absolute Gasteiger partial charge is 0.344 e. The molecule has 0 aliphatic heterocycles. The molecule has 0 spiro atoms. The standard InChI is InChI=1S/C14H14ClN3O3S/c1-3-21-14(20)10-11(16)18(17-12(10)22-2)13(19)8-4-6-9(15)7-5-8/h4-7H,3,16H2,1-2H3. The quantitative estimate of drug-likeness (QED) is 0.680. The predicted molar refractivity (Wildman–Crippen MR) is 85.6 cm³/mol. The predicted octanol–water partition coefficient (Wildman–Crippen LogP) is 2.71. The second-order valence-corrected chi connectivity index (χ2v) is 5.45. The molecular formula is C14H14ClN3O3S. The molecule has 0 fully saturated rings. The molecule has 0 unspecified atom stereocenters. The Morgan fingerprint density at radius 3 is 2.55 bits per heavy atom. The summed E-state index contributed by atoms with van der Waals surface area (Å²) in [6.45, 7) is 1.90. The van der Waals surface area contributed by atoms with Crippen LogP contribution < -0.4 is 5.73 Å². The molecule has 0 aliphatic carbocycles. The minimum absolute atomic E-state index is 0.0391. The Labute approximate surface area is 136 Å². The molecule has 0 aliphatic rings. The topological polar surface area (TPSA) is 87.2 Å². The average Bonchev–Trinajstić information content (AvgIpc) is 2.84. The summed E-state index contributed by atoms with van der Waals surface area (Å²) >= 11 is 7.01. The summed E-state index contributed by atoms with van der Waals surface area (Å²) in [6.07, 6.45) is 1.74. The van der Waals surface area contributed by atoms with Gasteiger partial charge in [-0.2, -0.15) is 9.78 Å². The van der Waals surface area contributed by atoms with E-state index in [-0.39, 0.29) is 18.0 Å². The van der Waals surface area contributed by atoms with Crippen molar-refractivity contribution in [3.63, 3.8) is 0 Å². The number of benzene rings is 1. The van der Waals surface area contributed by atoms with E-state index >= 15 is 0 Å². The molecular weight excluding hydrogens is 326 g/mol. The number of nitrogen functional groups attached to an aromatic ring is 1. The van der Waals surface area contributed by atoms with Crippen LogP contribution in [0.25, 0.3) is 0 Å². The maximum absolute atomic E-state index is 12.5. The molecule has 22 heavy (non-hydrogen) atoms. The molecule has 1 heterocycles. The van der Waals surface area contributed by atoms with Crippen molar-refractivity contribution in [2.24, 2.45) is 0 Å². The zero-order valence-corrected chi connectivity index (χ0v) is 13.6. The summed E-state index contributed by atoms with van der Waals surface area (Å²) in [7, 11) is 0. The van der Waals surface area contributed by atoms with Gasteiger partial charge in [0.05, 0.1) is 6.61 Å². The molecule has 1 aromatic carbocycles. The van der Waals surface area contributed by atoms with Crippen molar-refractivity contribution in [2.45, 2.75) is 11.9 Å². The summed E-state index contributed by atoms with van der Waals surface area (Å²) < 4.78 is 5.95. The van der Waals surface area contributed by atoms with Crippen LogP contribution in [0.1, 0.15) is 27.6 Å². The first-order chi connectivity index (χ1) is 10.5. The summed E-state index contributed by atoms with van der Waals surface area (Å²) in [6, 6.07) is 6.32. The highest BCUT2D eigenvalue weighted by atomic mass is 35.5. The lowest BCUT2D eigenvalue weighted by molar-refractivity contribution is 0.0523. The summed E-state index contributed by atoms with van der Waals surface area (Å²) in [5, 5.41) is 4.96. The van der Waals surface area contributed by atoms with E-state index in [0.717, 1.165) is 4.68 Å². The van der Waals surface area contributed by atoms with Gasteiger partial charge in [-0.3, -0.25) is 4.79 Å². The molecule has 0 atom stereocenters. The van der Waals surface area contributed by atoms with E-state index in [1.807, 2.05) is 0 Å². The average molecular weight is 340 g/mol. The molecule has 8 heteroatoms. The van der Waals surface area contributed by atoms with Gasteiger partial charge in [-0.05, 0) is 37.4 Å². The lowest BCUT2D eigenvalue weighted by Gasteiger charge is -2.04. The third-order valence-corrected chi connectivity index (χ3v) is 3.77. The van der Waals surface area contributed by atoms with Crippen molar-refractivity contribution in [3.8, 4) is 0 Å². The first-order valence-electron chi connectivity index (χ1n) is 6.39. The molecule has 0 radical (unpaired) electrons. The van der Waals surface area contributed by atoms with Crippen LogP contribution in [0.5, 0.6) is 0 Å². The molecule has 6 nitrogen and oxygen atoms in total. The SMILES string of the molecule is CCOC(=O)c1c(SC)nn(C(=O)c2ccc(Cl)cc2)c1N. The zero-order chi connectivity index (χ0) is 16.3. The fraction of sp³-hybridized carbons (Fsp3) is 0.214. The van der Waals surface area contributed by atoms with Crippen LogP contribution in [0.4, 0.5) is 5.82 Å². The molecule has 2 N–H and O–H groups in total. The van der Waals surface area contributed by atoms with Crippen LogP contribution in [0.15, 0.2) is 29.3 Å². The highest BCUT2D eigenvalue weighted by Gasteiger charge is 2.26. The first kappa shape index (κ1) is 16.4. The number of thioether (sulfide) groups is 1. The third-order valence-electron chi connectivity index (χ3n) is 2.85. The molecule has 0 bridgehead atoms. The van der Waals surface area contributed by atoms with Crippen molar-refractivity contribution >= 4 is 41.1 Å². The van der Waals surface area contributed by atoms with Gasteiger partial charge in [0.1, 0.15) is 16.4 Å². The summed E-state index contributed by atoms with van der Waals surface area (Å²) in [4.78, 5) is 24.4. The van der Waals surface area contributed by atoms with Gasteiger partial charge in [-0.25, -0.2) is 4.79 Å². The minimum Gasteiger partial charge on any atom is -0.462 e. The first-order valence-corrected chi connectivity index (χ1v) is 7.99. The number of nitrogens with zero attached hydrogens (tertiary/aromatic N) is 2. The highest BCUT2D eigenvalue weighted by Crippen LogP contribution is 2.26. The Morgan fingerprint density at radius 1 is 1.36 bits per heavy atom. The van der Waals surface area contributed by atoms with Crippen molar-refractivity contribution in [2.75, 3.05) is 18.6 Å². The second-order valence-electron chi connectivity index (χ2n) is 4.21. The van der Waals surface area contributed by atoms with Crippen molar-refractivity contribution in [3.05, 3.63) is 40.4 Å². The van der Waals surface area contributed by atoms with Gasteiger partial charge < -0.3 is 10.5 Å². The Balaban J connectivity index is 2.45. The highest BCUT2D eigenvalue weighted by molar-refractivity contribution is 7.98. The van der Waals surface area contributed by atoms with Crippen molar-refractivity contribution < 1.29 is 14.3 Å². The van der Waals surface area contributed by atoms with Crippen molar-refractivity contribution in [1.82, 2.24) is 9.78 Å². The zero-order valence-electron chi connectivity index (χ0n) is 12.0. The van der Waals surface area contributed by atoms with Gasteiger partial charge in [0.15, 0.2) is 0 Å². The number of halogens is 1. The molecule has 116 valence electrons. The molecule has 0 saturated heterocycles. The van der Waals surface area contributed by atoms with Crippen LogP contribution >= 0.6 is 23.4 Å². The van der Waals surface area contributed by atoms with Crippen LogP contribution in [0, 0.1) is 0 Å². The lowest BCUT2D eigenvalue weighted by atomic mass is 10.2. The minimum atomic E-state index is -0.598. The Bertz CT molecular complexity index is 713. The van der Waals surface area contributed by atoms with E-state index in [1.54, 1.807) is 37.4 Å². The number of carbonyl (C=O) groups is 2. The maximum atomic E-state index is 12.5. The number of carbonyl (C=O) groups excluding carboxylic acids is 2. The molecule has 1 aromatic heterocycles. The summed E-state index contributed by atoms with van der Waals surface area (Å²) in [5.74, 6) is -1.08. The fourth-order valence-electron chi connectivity index (χ4n) is 1.82. The second kappa shape index (κ2) is 6.85. The lowest BCUT2D eigenvalue weighted by Crippen LogP contribution is -2.17. The number of aromatic nitrogens is 2. The largest absolute Gasteiger partial charge is 0.462 e. The Morgan fingerprint density at radius 2 is 2.00 bits per heavy atom. The van der Waals surface area contributed by atoms with Gasteiger partial charge in [-0.1, -0.05) is 11.6 Å². The Hall–Kier alpha value is -1.99. The number of nitrogens with two attached hydrogens (primary N) is 1. The van der Waals surface area contributed by atoms with Gasteiger partial charge in [0.2, 0.25) is 0 Å². The van der Waals surface area contributed by atoms with Crippen LogP contribution in [-0.2, 0) is 4.74 Å². The van der Waals surface area contributed by atoms with E-state index in [0.29, 0.717) is 15.6 Å². The Kier molecular flexibility index (Phi) is 5.10. The number of hydrogen-bond acceptors (Lipinski definition) is 6. The number of anilines is 1. The molecule has 0 saturated carbocycles. The number of hydrogen-bond donors (Lipinski definition) is 1. The van der Waals surface area contributed by atoms with E-state index in [9.17, 15) is 9.59 Å². The molecule has 0 amide bonds. The summed E-state index contributed by atoms with van der Waals surface area (Å²) in [5.41, 5.74) is 6.39. The molecule has 2 rings (SSSR count). The number of esters is 1.